The van der Waals surface area contributed by atoms with Gasteiger partial charge in [0.25, 0.3) is 5.91 Å². The zero-order valence-electron chi connectivity index (χ0n) is 10.6. The van der Waals surface area contributed by atoms with Crippen LogP contribution < -0.4 is 5.32 Å². The molecule has 1 amide bonds. The number of carbonyl (C=O) groups is 1. The Bertz CT molecular complexity index is 551. The number of hydrogen-bond acceptors (Lipinski definition) is 5. The van der Waals surface area contributed by atoms with Gasteiger partial charge in [0.2, 0.25) is 0 Å². The number of rotatable bonds is 5. The Morgan fingerprint density at radius 2 is 2.32 bits per heavy atom. The minimum absolute atomic E-state index is 0.164. The largest absolute Gasteiger partial charge is 0.350 e. The first-order chi connectivity index (χ1) is 9.08. The predicted molar refractivity (Wildman–Crippen MR) is 79.4 cm³/mol. The summed E-state index contributed by atoms with van der Waals surface area (Å²) in [4.78, 5) is 21.3. The van der Waals surface area contributed by atoms with E-state index in [-0.39, 0.29) is 11.8 Å². The van der Waals surface area contributed by atoms with Crippen molar-refractivity contribution in [1.82, 2.24) is 15.3 Å². The molecule has 1 N–H and O–H groups in total. The molecule has 0 saturated heterocycles. The fourth-order valence-corrected chi connectivity index (χ4v) is 3.35. The zero-order chi connectivity index (χ0) is 13.8. The highest BCUT2D eigenvalue weighted by Crippen LogP contribution is 2.29. The van der Waals surface area contributed by atoms with Gasteiger partial charge in [-0.3, -0.25) is 4.79 Å². The third kappa shape index (κ3) is 3.75. The van der Waals surface area contributed by atoms with Gasteiger partial charge in [0.15, 0.2) is 4.47 Å². The van der Waals surface area contributed by atoms with Gasteiger partial charge < -0.3 is 5.32 Å². The maximum absolute atomic E-state index is 12.1. The fraction of sp³-hybridized carbons (Fsp3) is 0.417. The molecule has 2 heterocycles. The molecule has 4 nitrogen and oxygen atoms in total. The molecule has 0 aliphatic carbocycles. The Kier molecular flexibility index (Phi) is 4.90. The third-order valence-electron chi connectivity index (χ3n) is 2.47. The minimum atomic E-state index is -0.164. The highest BCUT2D eigenvalue weighted by Gasteiger charge is 2.19. The summed E-state index contributed by atoms with van der Waals surface area (Å²) in [5.74, 6) is 0.0770. The molecule has 0 bridgehead atoms. The lowest BCUT2D eigenvalue weighted by molar-refractivity contribution is 0.0948. The first kappa shape index (κ1) is 14.4. The Morgan fingerprint density at radius 3 is 2.95 bits per heavy atom. The standard InChI is InChI=1S/C12H14ClN3OS2/c1-7(2)10-9(16-12(13)19-10)11(17)15-4-3-8-14-5-6-18-8/h5-7H,3-4H2,1-2H3,(H,15,17). The van der Waals surface area contributed by atoms with Crippen molar-refractivity contribution >= 4 is 40.2 Å². The van der Waals surface area contributed by atoms with Crippen LogP contribution in [0, 0.1) is 0 Å². The lowest BCUT2D eigenvalue weighted by Crippen LogP contribution is -2.27. The van der Waals surface area contributed by atoms with E-state index in [4.69, 9.17) is 11.6 Å². The number of halogens is 1. The van der Waals surface area contributed by atoms with Crippen LogP contribution in [0.25, 0.3) is 0 Å². The smallest absolute Gasteiger partial charge is 0.271 e. The molecule has 2 aromatic rings. The highest BCUT2D eigenvalue weighted by molar-refractivity contribution is 7.16. The molecule has 0 saturated carbocycles. The molecule has 0 radical (unpaired) electrons. The van der Waals surface area contributed by atoms with Crippen LogP contribution in [-0.2, 0) is 6.42 Å². The molecular weight excluding hydrogens is 302 g/mol. The van der Waals surface area contributed by atoms with Crippen LogP contribution in [0.1, 0.15) is 40.1 Å². The van der Waals surface area contributed by atoms with Crippen molar-refractivity contribution in [3.05, 3.63) is 31.6 Å². The molecule has 0 fully saturated rings. The zero-order valence-corrected chi connectivity index (χ0v) is 13.0. The summed E-state index contributed by atoms with van der Waals surface area (Å²) < 4.78 is 0.411. The lowest BCUT2D eigenvalue weighted by Gasteiger charge is -2.06. The van der Waals surface area contributed by atoms with Gasteiger partial charge in [-0.15, -0.1) is 22.7 Å². The van der Waals surface area contributed by atoms with E-state index in [1.807, 2.05) is 19.2 Å². The molecule has 0 aromatic carbocycles. The Labute approximate surface area is 124 Å². The van der Waals surface area contributed by atoms with Crippen LogP contribution in [0.3, 0.4) is 0 Å². The SMILES string of the molecule is CC(C)c1sc(Cl)nc1C(=O)NCCc1nccs1. The van der Waals surface area contributed by atoms with Gasteiger partial charge in [-0.05, 0) is 5.92 Å². The fourth-order valence-electron chi connectivity index (χ4n) is 1.60. The highest BCUT2D eigenvalue weighted by atomic mass is 35.5. The van der Waals surface area contributed by atoms with Crippen LogP contribution >= 0.6 is 34.3 Å². The van der Waals surface area contributed by atoms with Crippen LogP contribution in [0.15, 0.2) is 11.6 Å². The van der Waals surface area contributed by atoms with Gasteiger partial charge in [0, 0.05) is 29.4 Å². The number of carbonyl (C=O) groups excluding carboxylic acids is 1. The number of nitrogens with zero attached hydrogens (tertiary/aromatic N) is 2. The monoisotopic (exact) mass is 315 g/mol. The second kappa shape index (κ2) is 6.45. The predicted octanol–water partition coefficient (Wildman–Crippen LogP) is 3.35. The van der Waals surface area contributed by atoms with Crippen molar-refractivity contribution in [3.63, 3.8) is 0 Å². The molecule has 0 unspecified atom stereocenters. The van der Waals surface area contributed by atoms with Crippen LogP contribution in [0.5, 0.6) is 0 Å². The first-order valence-corrected chi connectivity index (χ1v) is 7.98. The quantitative estimate of drug-likeness (QED) is 0.920. The van der Waals surface area contributed by atoms with Crippen LogP contribution in [0.4, 0.5) is 0 Å². The van der Waals surface area contributed by atoms with Gasteiger partial charge in [-0.1, -0.05) is 25.4 Å². The van der Waals surface area contributed by atoms with E-state index in [0.29, 0.717) is 16.7 Å². The van der Waals surface area contributed by atoms with E-state index in [2.05, 4.69) is 15.3 Å². The molecule has 0 atom stereocenters. The number of aromatic nitrogens is 2. The second-order valence-electron chi connectivity index (χ2n) is 4.27. The third-order valence-corrected chi connectivity index (χ3v) is 4.77. The number of thiazole rings is 2. The van der Waals surface area contributed by atoms with E-state index in [0.717, 1.165) is 16.3 Å². The molecule has 102 valence electrons. The summed E-state index contributed by atoms with van der Waals surface area (Å²) in [5, 5.41) is 5.80. The molecule has 7 heteroatoms. The van der Waals surface area contributed by atoms with Crippen molar-refractivity contribution in [3.8, 4) is 0 Å². The second-order valence-corrected chi connectivity index (χ2v) is 6.86. The Hall–Kier alpha value is -0.980. The molecular formula is C12H14ClN3OS2. The summed E-state index contributed by atoms with van der Waals surface area (Å²) in [6.07, 6.45) is 2.50. The Morgan fingerprint density at radius 1 is 1.53 bits per heavy atom. The Balaban J connectivity index is 1.96. The van der Waals surface area contributed by atoms with Gasteiger partial charge in [0.1, 0.15) is 5.69 Å². The van der Waals surface area contributed by atoms with Crippen molar-refractivity contribution < 1.29 is 4.79 Å². The number of nitrogens with one attached hydrogen (secondary N) is 1. The van der Waals surface area contributed by atoms with E-state index in [1.54, 1.807) is 17.5 Å². The first-order valence-electron chi connectivity index (χ1n) is 5.90. The van der Waals surface area contributed by atoms with E-state index in [1.165, 1.54) is 11.3 Å². The van der Waals surface area contributed by atoms with E-state index in [9.17, 15) is 4.79 Å². The molecule has 0 aliphatic rings. The number of amides is 1. The maximum Gasteiger partial charge on any atom is 0.271 e. The maximum atomic E-state index is 12.1. The van der Waals surface area contributed by atoms with Gasteiger partial charge in [-0.25, -0.2) is 9.97 Å². The van der Waals surface area contributed by atoms with Crippen molar-refractivity contribution in [2.24, 2.45) is 0 Å². The van der Waals surface area contributed by atoms with Crippen LogP contribution in [-0.4, -0.2) is 22.4 Å². The van der Waals surface area contributed by atoms with Gasteiger partial charge in [-0.2, -0.15) is 0 Å². The van der Waals surface area contributed by atoms with E-state index >= 15 is 0 Å². The molecule has 2 rings (SSSR count). The van der Waals surface area contributed by atoms with Crippen molar-refractivity contribution in [2.45, 2.75) is 26.2 Å². The number of hydrogen-bond donors (Lipinski definition) is 1. The summed E-state index contributed by atoms with van der Waals surface area (Å²) in [6, 6.07) is 0. The molecule has 2 aromatic heterocycles. The topological polar surface area (TPSA) is 54.9 Å². The summed E-state index contributed by atoms with van der Waals surface area (Å²) in [7, 11) is 0. The molecule has 0 spiro atoms. The van der Waals surface area contributed by atoms with Gasteiger partial charge >= 0.3 is 0 Å². The summed E-state index contributed by atoms with van der Waals surface area (Å²) >= 11 is 8.84. The minimum Gasteiger partial charge on any atom is -0.350 e. The molecule has 0 aliphatic heterocycles. The molecule has 19 heavy (non-hydrogen) atoms. The average Bonchev–Trinajstić information content (AvgIpc) is 2.98. The normalized spacial score (nSPS) is 10.9. The summed E-state index contributed by atoms with van der Waals surface area (Å²) in [5.41, 5.74) is 0.448. The van der Waals surface area contributed by atoms with Gasteiger partial charge in [0.05, 0.1) is 5.01 Å². The lowest BCUT2D eigenvalue weighted by atomic mass is 10.1. The average molecular weight is 316 g/mol. The van der Waals surface area contributed by atoms with Crippen molar-refractivity contribution in [1.29, 1.82) is 0 Å². The van der Waals surface area contributed by atoms with Crippen molar-refractivity contribution in [2.75, 3.05) is 6.54 Å². The van der Waals surface area contributed by atoms with E-state index < -0.39 is 0 Å². The van der Waals surface area contributed by atoms with Crippen LogP contribution in [0.2, 0.25) is 4.47 Å². The summed E-state index contributed by atoms with van der Waals surface area (Å²) in [6.45, 7) is 4.60.